The second-order valence-electron chi connectivity index (χ2n) is 7.09. The molecule has 2 aliphatic rings. The summed E-state index contributed by atoms with van der Waals surface area (Å²) in [5, 5.41) is 22.8. The minimum Gasteiger partial charge on any atom is -0.362 e. The van der Waals surface area contributed by atoms with E-state index in [4.69, 9.17) is 0 Å². The maximum atomic E-state index is 12.8. The van der Waals surface area contributed by atoms with Crippen molar-refractivity contribution in [1.82, 2.24) is 25.2 Å². The molecule has 1 N–H and O–H groups in total. The Morgan fingerprint density at radius 3 is 2.52 bits per heavy atom. The van der Waals surface area contributed by atoms with E-state index in [0.29, 0.717) is 37.6 Å². The van der Waals surface area contributed by atoms with Gasteiger partial charge < -0.3 is 15.1 Å². The highest BCUT2D eigenvalue weighted by molar-refractivity contribution is 5.92. The summed E-state index contributed by atoms with van der Waals surface area (Å²) >= 11 is 0. The van der Waals surface area contributed by atoms with Gasteiger partial charge >= 0.3 is 0 Å². The molecule has 0 radical (unpaired) electrons. The number of carbonyl (C=O) groups is 1. The van der Waals surface area contributed by atoms with Crippen LogP contribution in [0.5, 0.6) is 0 Å². The minimum atomic E-state index is -0.369. The Kier molecular flexibility index (Phi) is 6.65. The van der Waals surface area contributed by atoms with Crippen molar-refractivity contribution in [1.29, 1.82) is 0 Å². The Morgan fingerprint density at radius 1 is 1.14 bits per heavy atom. The molecule has 1 aromatic heterocycles. The van der Waals surface area contributed by atoms with E-state index in [0.717, 1.165) is 25.9 Å². The quantitative estimate of drug-likeness (QED) is 0.588. The number of nitro groups is 1. The number of piperidine rings is 1. The third-order valence-electron chi connectivity index (χ3n) is 5.40. The molecule has 10 nitrogen and oxygen atoms in total. The first kappa shape index (κ1) is 21.0. The monoisotopic (exact) mass is 421 g/mol. The smallest absolute Gasteiger partial charge is 0.292 e. The number of amides is 1. The summed E-state index contributed by atoms with van der Waals surface area (Å²) in [6, 6.07) is 6.99. The average molecular weight is 422 g/mol. The van der Waals surface area contributed by atoms with Crippen LogP contribution in [0.25, 0.3) is 0 Å². The molecule has 2 aromatic rings. The SMILES string of the molecule is Cl.O=C(c1cn(C2CCNCC2)nn1)N1CCN(c2ccccc2[N+](=O)[O-])CC1. The lowest BCUT2D eigenvalue weighted by Gasteiger charge is -2.35. The number of benzene rings is 1. The number of para-hydroxylation sites is 2. The first-order valence-corrected chi connectivity index (χ1v) is 9.53. The van der Waals surface area contributed by atoms with Gasteiger partial charge in [0.2, 0.25) is 0 Å². The molecule has 3 heterocycles. The highest BCUT2D eigenvalue weighted by Crippen LogP contribution is 2.28. The number of anilines is 1. The van der Waals surface area contributed by atoms with Crippen LogP contribution in [0.3, 0.4) is 0 Å². The summed E-state index contributed by atoms with van der Waals surface area (Å²) in [5.41, 5.74) is 1.04. The molecule has 29 heavy (non-hydrogen) atoms. The van der Waals surface area contributed by atoms with Gasteiger partial charge in [0, 0.05) is 32.2 Å². The van der Waals surface area contributed by atoms with Crippen molar-refractivity contribution < 1.29 is 9.72 Å². The lowest BCUT2D eigenvalue weighted by Crippen LogP contribution is -2.49. The summed E-state index contributed by atoms with van der Waals surface area (Å²) in [4.78, 5) is 27.4. The van der Waals surface area contributed by atoms with Gasteiger partial charge in [0.25, 0.3) is 11.6 Å². The minimum absolute atomic E-state index is 0. The van der Waals surface area contributed by atoms with Crippen LogP contribution < -0.4 is 10.2 Å². The zero-order valence-electron chi connectivity index (χ0n) is 15.9. The molecular formula is C18H24ClN7O3. The predicted molar refractivity (Wildman–Crippen MR) is 110 cm³/mol. The van der Waals surface area contributed by atoms with Crippen LogP contribution in [-0.4, -0.2) is 70.0 Å². The number of halogens is 1. The van der Waals surface area contributed by atoms with Crippen LogP contribution >= 0.6 is 12.4 Å². The third kappa shape index (κ3) is 4.48. The lowest BCUT2D eigenvalue weighted by atomic mass is 10.1. The van der Waals surface area contributed by atoms with Gasteiger partial charge in [-0.25, -0.2) is 4.68 Å². The predicted octanol–water partition coefficient (Wildman–Crippen LogP) is 1.49. The number of nitrogens with one attached hydrogen (secondary N) is 1. The Balaban J connectivity index is 0.00000240. The van der Waals surface area contributed by atoms with Gasteiger partial charge in [-0.05, 0) is 32.0 Å². The Bertz CT molecular complexity index is 861. The van der Waals surface area contributed by atoms with E-state index in [-0.39, 0.29) is 35.0 Å². The van der Waals surface area contributed by atoms with E-state index in [1.54, 1.807) is 34.0 Å². The van der Waals surface area contributed by atoms with E-state index in [1.807, 2.05) is 4.90 Å². The largest absolute Gasteiger partial charge is 0.362 e. The number of rotatable bonds is 4. The van der Waals surface area contributed by atoms with Crippen molar-refractivity contribution in [2.24, 2.45) is 0 Å². The molecule has 11 heteroatoms. The number of nitrogens with zero attached hydrogens (tertiary/aromatic N) is 6. The molecule has 0 bridgehead atoms. The highest BCUT2D eigenvalue weighted by atomic mass is 35.5. The molecule has 156 valence electrons. The number of piperazine rings is 1. The molecular weight excluding hydrogens is 398 g/mol. The number of carbonyl (C=O) groups excluding carboxylic acids is 1. The highest BCUT2D eigenvalue weighted by Gasteiger charge is 2.28. The Hall–Kier alpha value is -2.72. The average Bonchev–Trinajstić information content (AvgIpc) is 3.24. The van der Waals surface area contributed by atoms with E-state index in [1.165, 1.54) is 6.07 Å². The van der Waals surface area contributed by atoms with E-state index in [2.05, 4.69) is 15.6 Å². The van der Waals surface area contributed by atoms with Crippen molar-refractivity contribution in [3.8, 4) is 0 Å². The number of hydrogen-bond acceptors (Lipinski definition) is 7. The first-order chi connectivity index (χ1) is 13.6. The molecule has 2 fully saturated rings. The van der Waals surface area contributed by atoms with Crippen LogP contribution in [0, 0.1) is 10.1 Å². The number of nitro benzene ring substituents is 1. The van der Waals surface area contributed by atoms with Crippen molar-refractivity contribution >= 4 is 29.7 Å². The van der Waals surface area contributed by atoms with Gasteiger partial charge in [0.05, 0.1) is 17.2 Å². The van der Waals surface area contributed by atoms with E-state index >= 15 is 0 Å². The van der Waals surface area contributed by atoms with Crippen molar-refractivity contribution in [2.45, 2.75) is 18.9 Å². The molecule has 4 rings (SSSR count). The fourth-order valence-corrected chi connectivity index (χ4v) is 3.82. The van der Waals surface area contributed by atoms with Crippen LogP contribution in [0.15, 0.2) is 30.5 Å². The zero-order chi connectivity index (χ0) is 19.5. The molecule has 1 amide bonds. The summed E-state index contributed by atoms with van der Waals surface area (Å²) in [6.45, 7) is 3.96. The van der Waals surface area contributed by atoms with Gasteiger partial charge in [-0.1, -0.05) is 17.3 Å². The molecule has 0 saturated carbocycles. The normalized spacial score (nSPS) is 17.7. The lowest BCUT2D eigenvalue weighted by molar-refractivity contribution is -0.384. The van der Waals surface area contributed by atoms with Crippen LogP contribution in [0.2, 0.25) is 0 Å². The fourth-order valence-electron chi connectivity index (χ4n) is 3.82. The molecule has 0 aliphatic carbocycles. The van der Waals surface area contributed by atoms with Gasteiger partial charge in [-0.2, -0.15) is 0 Å². The summed E-state index contributed by atoms with van der Waals surface area (Å²) in [5.74, 6) is -0.137. The van der Waals surface area contributed by atoms with Crippen LogP contribution in [0.1, 0.15) is 29.4 Å². The molecule has 2 aliphatic heterocycles. The second kappa shape index (κ2) is 9.19. The van der Waals surface area contributed by atoms with Crippen LogP contribution in [-0.2, 0) is 0 Å². The molecule has 0 atom stereocenters. The van der Waals surface area contributed by atoms with Gasteiger partial charge in [-0.15, -0.1) is 17.5 Å². The zero-order valence-corrected chi connectivity index (χ0v) is 16.8. The van der Waals surface area contributed by atoms with E-state index < -0.39 is 0 Å². The fraction of sp³-hybridized carbons (Fsp3) is 0.500. The first-order valence-electron chi connectivity index (χ1n) is 9.53. The summed E-state index contributed by atoms with van der Waals surface area (Å²) in [6.07, 6.45) is 3.70. The maximum absolute atomic E-state index is 12.8. The second-order valence-corrected chi connectivity index (χ2v) is 7.09. The van der Waals surface area contributed by atoms with E-state index in [9.17, 15) is 14.9 Å². The maximum Gasteiger partial charge on any atom is 0.292 e. The number of aromatic nitrogens is 3. The molecule has 0 unspecified atom stereocenters. The summed E-state index contributed by atoms with van der Waals surface area (Å²) < 4.78 is 1.80. The summed E-state index contributed by atoms with van der Waals surface area (Å²) in [7, 11) is 0. The van der Waals surface area contributed by atoms with Crippen LogP contribution in [0.4, 0.5) is 11.4 Å². The topological polar surface area (TPSA) is 109 Å². The van der Waals surface area contributed by atoms with Gasteiger partial charge in [-0.3, -0.25) is 14.9 Å². The Morgan fingerprint density at radius 2 is 1.83 bits per heavy atom. The van der Waals surface area contributed by atoms with Gasteiger partial charge in [0.1, 0.15) is 5.69 Å². The van der Waals surface area contributed by atoms with Crippen molar-refractivity contribution in [3.63, 3.8) is 0 Å². The van der Waals surface area contributed by atoms with Gasteiger partial charge in [0.15, 0.2) is 5.69 Å². The van der Waals surface area contributed by atoms with Crippen molar-refractivity contribution in [2.75, 3.05) is 44.2 Å². The molecule has 2 saturated heterocycles. The number of hydrogen-bond donors (Lipinski definition) is 1. The molecule has 1 aromatic carbocycles. The standard InChI is InChI=1S/C18H23N7O3.ClH/c26-18(15-13-24(21-20-15)14-5-7-19-8-6-14)23-11-9-22(10-12-23)16-3-1-2-4-17(16)25(27)28;/h1-4,13-14,19H,5-12H2;1H. The third-order valence-corrected chi connectivity index (χ3v) is 5.40. The van der Waals surface area contributed by atoms with Crippen molar-refractivity contribution in [3.05, 3.63) is 46.3 Å². The Labute approximate surface area is 174 Å². The molecule has 0 spiro atoms.